The molecule has 1 aromatic rings. The molecule has 1 aromatic heterocycles. The first-order valence-electron chi connectivity index (χ1n) is 4.06. The number of pyridine rings is 1. The van der Waals surface area contributed by atoms with Gasteiger partial charge >= 0.3 is 5.97 Å². The lowest BCUT2D eigenvalue weighted by molar-refractivity contribution is 0.0696. The Kier molecular flexibility index (Phi) is 6.23. The minimum absolute atomic E-state index is 0.220. The zero-order valence-corrected chi connectivity index (χ0v) is 8.96. The number of aromatic nitrogens is 1. The van der Waals surface area contributed by atoms with E-state index in [2.05, 4.69) is 4.98 Å². The Hall–Kier alpha value is -1.51. The Morgan fingerprint density at radius 3 is 2.25 bits per heavy atom. The number of aromatic carboxylic acids is 1. The first-order valence-corrected chi connectivity index (χ1v) is 5.67. The highest BCUT2D eigenvalue weighted by Gasteiger charge is 1.99. The minimum atomic E-state index is -3.92. The van der Waals surface area contributed by atoms with Gasteiger partial charge in [0.05, 0.1) is 17.9 Å². The van der Waals surface area contributed by atoms with Gasteiger partial charge in [-0.25, -0.2) is 4.79 Å². The number of aliphatic hydroxyl groups is 1. The molecule has 0 amide bonds. The second-order valence-corrected chi connectivity index (χ2v) is 4.13. The number of aliphatic hydroxyl groups excluding tert-OH is 1. The van der Waals surface area contributed by atoms with Gasteiger partial charge < -0.3 is 10.2 Å². The van der Waals surface area contributed by atoms with Gasteiger partial charge in [-0.15, -0.1) is 0 Å². The van der Waals surface area contributed by atoms with E-state index in [1.807, 2.05) is 0 Å². The SMILES string of the molecule is O=C(O)c1cccnc1.O=S(=O)(O)CCO. The number of hydrogen-bond acceptors (Lipinski definition) is 5. The van der Waals surface area contributed by atoms with Crippen molar-refractivity contribution in [2.45, 2.75) is 0 Å². The van der Waals surface area contributed by atoms with E-state index in [9.17, 15) is 13.2 Å². The van der Waals surface area contributed by atoms with Crippen LogP contribution in [0.15, 0.2) is 24.5 Å². The summed E-state index contributed by atoms with van der Waals surface area (Å²) in [6.07, 6.45) is 2.84. The van der Waals surface area contributed by atoms with E-state index in [0.717, 1.165) is 0 Å². The van der Waals surface area contributed by atoms with Crippen molar-refractivity contribution in [3.05, 3.63) is 30.1 Å². The van der Waals surface area contributed by atoms with Crippen molar-refractivity contribution in [1.29, 1.82) is 0 Å². The average molecular weight is 249 g/mol. The Bertz CT molecular complexity index is 415. The number of hydrogen-bond donors (Lipinski definition) is 3. The highest BCUT2D eigenvalue weighted by atomic mass is 32.2. The van der Waals surface area contributed by atoms with Crippen LogP contribution in [0.2, 0.25) is 0 Å². The number of rotatable bonds is 3. The molecule has 0 fully saturated rings. The Morgan fingerprint density at radius 1 is 1.44 bits per heavy atom. The van der Waals surface area contributed by atoms with Crippen LogP contribution in [0.1, 0.15) is 10.4 Å². The maximum atomic E-state index is 10.2. The van der Waals surface area contributed by atoms with E-state index in [-0.39, 0.29) is 5.56 Å². The molecule has 0 aliphatic heterocycles. The molecule has 0 saturated heterocycles. The number of carboxylic acids is 1. The van der Waals surface area contributed by atoms with Crippen LogP contribution in [0.3, 0.4) is 0 Å². The Labute approximate surface area is 92.1 Å². The predicted octanol–water partition coefficient (Wildman–Crippen LogP) is -0.354. The molecule has 0 aliphatic carbocycles. The van der Waals surface area contributed by atoms with Crippen LogP contribution in [-0.4, -0.2) is 46.5 Å². The smallest absolute Gasteiger partial charge is 0.337 e. The van der Waals surface area contributed by atoms with Crippen LogP contribution in [0, 0.1) is 0 Å². The van der Waals surface area contributed by atoms with E-state index >= 15 is 0 Å². The zero-order chi connectivity index (χ0) is 12.6. The van der Waals surface area contributed by atoms with Crippen molar-refractivity contribution < 1.29 is 28.0 Å². The molecule has 0 atom stereocenters. The normalized spacial score (nSPS) is 10.1. The first kappa shape index (κ1) is 14.5. The quantitative estimate of drug-likeness (QED) is 0.625. The number of carboxylic acid groups (broad SMARTS) is 1. The van der Waals surface area contributed by atoms with Crippen molar-refractivity contribution >= 4 is 16.1 Å². The van der Waals surface area contributed by atoms with Crippen LogP contribution in [0.5, 0.6) is 0 Å². The van der Waals surface area contributed by atoms with E-state index in [1.54, 1.807) is 6.07 Å². The summed E-state index contributed by atoms with van der Waals surface area (Å²) in [6, 6.07) is 3.08. The third-order valence-corrected chi connectivity index (χ3v) is 1.96. The standard InChI is InChI=1S/C6H5NO2.C2H6O4S/c8-6(9)5-2-1-3-7-4-5;3-1-2-7(4,5)6/h1-4H,(H,8,9);3H,1-2H2,(H,4,5,6). The lowest BCUT2D eigenvalue weighted by atomic mass is 10.3. The van der Waals surface area contributed by atoms with Crippen molar-refractivity contribution in [1.82, 2.24) is 4.98 Å². The molecule has 90 valence electrons. The molecule has 8 heteroatoms. The van der Waals surface area contributed by atoms with E-state index in [4.69, 9.17) is 14.8 Å². The molecule has 0 bridgehead atoms. The van der Waals surface area contributed by atoms with Crippen molar-refractivity contribution in [3.63, 3.8) is 0 Å². The molecular formula is C8H11NO6S. The van der Waals surface area contributed by atoms with Crippen molar-refractivity contribution in [2.75, 3.05) is 12.4 Å². The molecule has 0 radical (unpaired) electrons. The molecule has 0 spiro atoms. The average Bonchev–Trinajstić information content (AvgIpc) is 2.18. The van der Waals surface area contributed by atoms with Gasteiger partial charge in [-0.3, -0.25) is 9.54 Å². The van der Waals surface area contributed by atoms with Crippen LogP contribution < -0.4 is 0 Å². The highest BCUT2D eigenvalue weighted by Crippen LogP contribution is 1.92. The maximum absolute atomic E-state index is 10.2. The van der Waals surface area contributed by atoms with Crippen LogP contribution in [0.4, 0.5) is 0 Å². The fraction of sp³-hybridized carbons (Fsp3) is 0.250. The fourth-order valence-electron chi connectivity index (χ4n) is 0.605. The lowest BCUT2D eigenvalue weighted by Crippen LogP contribution is -2.06. The molecule has 0 aliphatic rings. The molecular weight excluding hydrogens is 238 g/mol. The summed E-state index contributed by atoms with van der Waals surface area (Å²) < 4.78 is 27.1. The minimum Gasteiger partial charge on any atom is -0.478 e. The third kappa shape index (κ3) is 7.85. The van der Waals surface area contributed by atoms with Gasteiger partial charge in [0.2, 0.25) is 0 Å². The summed E-state index contributed by atoms with van der Waals surface area (Å²) in [5.74, 6) is -1.52. The van der Waals surface area contributed by atoms with Gasteiger partial charge in [-0.05, 0) is 12.1 Å². The maximum Gasteiger partial charge on any atom is 0.337 e. The fourth-order valence-corrected chi connectivity index (χ4v) is 0.835. The molecule has 0 aromatic carbocycles. The molecule has 1 heterocycles. The van der Waals surface area contributed by atoms with E-state index in [0.29, 0.717) is 0 Å². The van der Waals surface area contributed by atoms with Crippen LogP contribution in [0.25, 0.3) is 0 Å². The molecule has 7 nitrogen and oxygen atoms in total. The summed E-state index contributed by atoms with van der Waals surface area (Å²) in [5, 5.41) is 16.2. The molecule has 0 saturated carbocycles. The molecule has 1 rings (SSSR count). The summed E-state index contributed by atoms with van der Waals surface area (Å²) in [5.41, 5.74) is 0.220. The Balaban J connectivity index is 0.000000293. The van der Waals surface area contributed by atoms with E-state index < -0.39 is 28.4 Å². The summed E-state index contributed by atoms with van der Waals surface area (Å²) >= 11 is 0. The Morgan fingerprint density at radius 2 is 2.06 bits per heavy atom. The number of carbonyl (C=O) groups is 1. The topological polar surface area (TPSA) is 125 Å². The summed E-state index contributed by atoms with van der Waals surface area (Å²) in [4.78, 5) is 13.8. The monoisotopic (exact) mass is 249 g/mol. The first-order chi connectivity index (χ1) is 7.37. The molecule has 16 heavy (non-hydrogen) atoms. The highest BCUT2D eigenvalue weighted by molar-refractivity contribution is 7.85. The second kappa shape index (κ2) is 6.88. The third-order valence-electron chi connectivity index (χ3n) is 1.26. The van der Waals surface area contributed by atoms with Crippen molar-refractivity contribution in [3.8, 4) is 0 Å². The van der Waals surface area contributed by atoms with Gasteiger partial charge in [0, 0.05) is 12.4 Å². The van der Waals surface area contributed by atoms with Crippen LogP contribution in [-0.2, 0) is 10.1 Å². The van der Waals surface area contributed by atoms with Gasteiger partial charge in [-0.1, -0.05) is 0 Å². The van der Waals surface area contributed by atoms with E-state index in [1.165, 1.54) is 18.5 Å². The number of nitrogens with zero attached hydrogens (tertiary/aromatic N) is 1. The predicted molar refractivity (Wildman–Crippen MR) is 54.7 cm³/mol. The van der Waals surface area contributed by atoms with Gasteiger partial charge in [0.15, 0.2) is 0 Å². The summed E-state index contributed by atoms with van der Waals surface area (Å²) in [6.45, 7) is -0.529. The summed E-state index contributed by atoms with van der Waals surface area (Å²) in [7, 11) is -3.92. The van der Waals surface area contributed by atoms with Gasteiger partial charge in [0.25, 0.3) is 10.1 Å². The van der Waals surface area contributed by atoms with Crippen LogP contribution >= 0.6 is 0 Å². The molecule has 0 unspecified atom stereocenters. The van der Waals surface area contributed by atoms with Crippen molar-refractivity contribution in [2.24, 2.45) is 0 Å². The second-order valence-electron chi connectivity index (χ2n) is 2.56. The lowest BCUT2D eigenvalue weighted by Gasteiger charge is -1.87. The molecule has 3 N–H and O–H groups in total. The zero-order valence-electron chi connectivity index (χ0n) is 8.15. The largest absolute Gasteiger partial charge is 0.478 e. The van der Waals surface area contributed by atoms with Gasteiger partial charge in [-0.2, -0.15) is 8.42 Å². The van der Waals surface area contributed by atoms with Gasteiger partial charge in [0.1, 0.15) is 0 Å².